The third-order valence-corrected chi connectivity index (χ3v) is 3.94. The second-order valence-corrected chi connectivity index (χ2v) is 5.55. The second-order valence-electron chi connectivity index (χ2n) is 5.55. The van der Waals surface area contributed by atoms with Gasteiger partial charge < -0.3 is 5.32 Å². The minimum absolute atomic E-state index is 0.191. The molecule has 0 radical (unpaired) electrons. The van der Waals surface area contributed by atoms with Crippen LogP contribution in [0.25, 0.3) is 0 Å². The number of hydrogen-bond acceptors (Lipinski definition) is 1. The topological polar surface area (TPSA) is 12.0 Å². The molecule has 1 saturated carbocycles. The molecule has 0 unspecified atom stereocenters. The Bertz CT molecular complexity index is 618. The molecule has 0 spiro atoms. The Morgan fingerprint density at radius 2 is 1.85 bits per heavy atom. The molecule has 1 N–H and O–H groups in total. The summed E-state index contributed by atoms with van der Waals surface area (Å²) >= 11 is 0. The summed E-state index contributed by atoms with van der Waals surface area (Å²) in [7, 11) is 0. The fourth-order valence-corrected chi connectivity index (χ4v) is 2.73. The molecular formula is C17H17F2N. The Morgan fingerprint density at radius 3 is 2.55 bits per heavy atom. The van der Waals surface area contributed by atoms with Crippen molar-refractivity contribution < 1.29 is 8.78 Å². The highest BCUT2D eigenvalue weighted by Gasteiger charge is 2.30. The first-order valence-corrected chi connectivity index (χ1v) is 6.90. The number of anilines is 1. The largest absolute Gasteiger partial charge is 0.380 e. The molecule has 0 bridgehead atoms. The fourth-order valence-electron chi connectivity index (χ4n) is 2.73. The van der Waals surface area contributed by atoms with E-state index >= 15 is 0 Å². The van der Waals surface area contributed by atoms with Crippen molar-refractivity contribution in [1.29, 1.82) is 0 Å². The molecule has 2 aromatic rings. The van der Waals surface area contributed by atoms with Crippen molar-refractivity contribution in [2.24, 2.45) is 0 Å². The van der Waals surface area contributed by atoms with E-state index in [0.29, 0.717) is 11.6 Å². The van der Waals surface area contributed by atoms with Gasteiger partial charge in [0.2, 0.25) is 0 Å². The van der Waals surface area contributed by atoms with Crippen LogP contribution in [0.15, 0.2) is 42.5 Å². The maximum Gasteiger partial charge on any atom is 0.146 e. The molecule has 0 heterocycles. The summed E-state index contributed by atoms with van der Waals surface area (Å²) in [6.07, 6.45) is 1.83. The van der Waals surface area contributed by atoms with Gasteiger partial charge in [0.15, 0.2) is 0 Å². The average molecular weight is 273 g/mol. The van der Waals surface area contributed by atoms with E-state index in [2.05, 4.69) is 5.32 Å². The Hall–Kier alpha value is -1.90. The van der Waals surface area contributed by atoms with E-state index in [4.69, 9.17) is 0 Å². The SMILES string of the molecule is Cc1ccc(NC2CC(c3cccc(F)c3)C2)c(F)c1. The summed E-state index contributed by atoms with van der Waals surface area (Å²) in [5, 5.41) is 3.22. The molecule has 3 rings (SSSR count). The van der Waals surface area contributed by atoms with Gasteiger partial charge in [0.25, 0.3) is 0 Å². The number of nitrogens with one attached hydrogen (secondary N) is 1. The highest BCUT2D eigenvalue weighted by atomic mass is 19.1. The van der Waals surface area contributed by atoms with Gasteiger partial charge in [-0.05, 0) is 61.1 Å². The van der Waals surface area contributed by atoms with Gasteiger partial charge in [-0.2, -0.15) is 0 Å². The zero-order valence-electron chi connectivity index (χ0n) is 11.4. The number of aryl methyl sites for hydroxylation is 1. The monoisotopic (exact) mass is 273 g/mol. The quantitative estimate of drug-likeness (QED) is 0.859. The van der Waals surface area contributed by atoms with E-state index in [-0.39, 0.29) is 17.7 Å². The molecule has 1 aliphatic carbocycles. The van der Waals surface area contributed by atoms with Gasteiger partial charge >= 0.3 is 0 Å². The van der Waals surface area contributed by atoms with E-state index < -0.39 is 0 Å². The minimum Gasteiger partial charge on any atom is -0.380 e. The summed E-state index contributed by atoms with van der Waals surface area (Å²) in [5.74, 6) is -0.0283. The van der Waals surface area contributed by atoms with Crippen molar-refractivity contribution in [2.45, 2.75) is 31.7 Å². The summed E-state index contributed by atoms with van der Waals surface area (Å²) < 4.78 is 26.9. The fraction of sp³-hybridized carbons (Fsp3) is 0.294. The summed E-state index contributed by atoms with van der Waals surface area (Å²) in [6.45, 7) is 1.87. The van der Waals surface area contributed by atoms with E-state index in [1.54, 1.807) is 18.2 Å². The normalized spacial score (nSPS) is 21.4. The molecule has 3 heteroatoms. The van der Waals surface area contributed by atoms with Crippen LogP contribution in [0.5, 0.6) is 0 Å². The van der Waals surface area contributed by atoms with Crippen molar-refractivity contribution in [3.8, 4) is 0 Å². The van der Waals surface area contributed by atoms with Gasteiger partial charge in [0.1, 0.15) is 11.6 Å². The summed E-state index contributed by atoms with van der Waals surface area (Å²) in [5.41, 5.74) is 2.50. The Labute approximate surface area is 117 Å². The van der Waals surface area contributed by atoms with Gasteiger partial charge in [-0.3, -0.25) is 0 Å². The minimum atomic E-state index is -0.209. The van der Waals surface area contributed by atoms with Crippen LogP contribution < -0.4 is 5.32 Å². The van der Waals surface area contributed by atoms with E-state index in [1.807, 2.05) is 19.1 Å². The lowest BCUT2D eigenvalue weighted by atomic mass is 9.76. The number of rotatable bonds is 3. The van der Waals surface area contributed by atoms with Crippen molar-refractivity contribution in [1.82, 2.24) is 0 Å². The van der Waals surface area contributed by atoms with Crippen LogP contribution in [0.3, 0.4) is 0 Å². The first-order valence-electron chi connectivity index (χ1n) is 6.90. The van der Waals surface area contributed by atoms with Crippen molar-refractivity contribution in [2.75, 3.05) is 5.32 Å². The lowest BCUT2D eigenvalue weighted by Gasteiger charge is -2.37. The van der Waals surface area contributed by atoms with Crippen LogP contribution in [0.2, 0.25) is 0 Å². The molecule has 1 aliphatic rings. The van der Waals surface area contributed by atoms with Gasteiger partial charge in [-0.1, -0.05) is 18.2 Å². The van der Waals surface area contributed by atoms with Crippen molar-refractivity contribution in [3.63, 3.8) is 0 Å². The molecule has 2 aromatic carbocycles. The van der Waals surface area contributed by atoms with Crippen LogP contribution in [-0.4, -0.2) is 6.04 Å². The summed E-state index contributed by atoms with van der Waals surface area (Å²) in [6, 6.07) is 12.2. The molecule has 20 heavy (non-hydrogen) atoms. The van der Waals surface area contributed by atoms with Crippen molar-refractivity contribution in [3.05, 3.63) is 65.2 Å². The molecule has 0 aliphatic heterocycles. The first kappa shape index (κ1) is 13.1. The zero-order chi connectivity index (χ0) is 14.1. The standard InChI is InChI=1S/C17H17F2N/c1-11-5-6-17(16(19)7-11)20-15-9-13(10-15)12-3-2-4-14(18)8-12/h2-8,13,15,20H,9-10H2,1H3. The van der Waals surface area contributed by atoms with E-state index in [0.717, 1.165) is 24.0 Å². The molecule has 0 saturated heterocycles. The maximum absolute atomic E-state index is 13.7. The second kappa shape index (κ2) is 5.23. The lowest BCUT2D eigenvalue weighted by Crippen LogP contribution is -2.34. The summed E-state index contributed by atoms with van der Waals surface area (Å²) in [4.78, 5) is 0. The lowest BCUT2D eigenvalue weighted by molar-refractivity contribution is 0.371. The maximum atomic E-state index is 13.7. The van der Waals surface area contributed by atoms with Crippen LogP contribution in [0.4, 0.5) is 14.5 Å². The Morgan fingerprint density at radius 1 is 1.05 bits per heavy atom. The third-order valence-electron chi connectivity index (χ3n) is 3.94. The molecule has 0 atom stereocenters. The van der Waals surface area contributed by atoms with Crippen LogP contribution >= 0.6 is 0 Å². The third kappa shape index (κ3) is 2.67. The number of benzene rings is 2. The van der Waals surface area contributed by atoms with Gasteiger partial charge in [-0.15, -0.1) is 0 Å². The number of hydrogen-bond donors (Lipinski definition) is 1. The number of halogens is 2. The Balaban J connectivity index is 1.61. The molecule has 1 fully saturated rings. The highest BCUT2D eigenvalue weighted by Crippen LogP contribution is 2.38. The highest BCUT2D eigenvalue weighted by molar-refractivity contribution is 5.47. The molecular weight excluding hydrogens is 256 g/mol. The van der Waals surface area contributed by atoms with Gasteiger partial charge in [0.05, 0.1) is 5.69 Å². The first-order chi connectivity index (χ1) is 9.61. The molecule has 0 amide bonds. The zero-order valence-corrected chi connectivity index (χ0v) is 11.4. The van der Waals surface area contributed by atoms with Crippen LogP contribution in [0, 0.1) is 18.6 Å². The van der Waals surface area contributed by atoms with Gasteiger partial charge in [0, 0.05) is 6.04 Å². The van der Waals surface area contributed by atoms with Crippen molar-refractivity contribution >= 4 is 5.69 Å². The van der Waals surface area contributed by atoms with E-state index in [1.165, 1.54) is 12.1 Å². The molecule has 0 aromatic heterocycles. The van der Waals surface area contributed by atoms with E-state index in [9.17, 15) is 8.78 Å². The predicted octanol–water partition coefficient (Wildman–Crippen LogP) is 4.63. The van der Waals surface area contributed by atoms with Crippen LogP contribution in [-0.2, 0) is 0 Å². The predicted molar refractivity (Wildman–Crippen MR) is 76.9 cm³/mol. The molecule has 1 nitrogen and oxygen atoms in total. The Kier molecular flexibility index (Phi) is 3.43. The average Bonchev–Trinajstić information content (AvgIpc) is 2.35. The van der Waals surface area contributed by atoms with Crippen LogP contribution in [0.1, 0.15) is 29.9 Å². The smallest absolute Gasteiger partial charge is 0.146 e. The van der Waals surface area contributed by atoms with Gasteiger partial charge in [-0.25, -0.2) is 8.78 Å². The molecule has 104 valence electrons.